The Labute approximate surface area is 130 Å². The number of hydrogen-bond donors (Lipinski definition) is 1. The van der Waals surface area contributed by atoms with Gasteiger partial charge in [-0.1, -0.05) is 63.4 Å². The summed E-state index contributed by atoms with van der Waals surface area (Å²) >= 11 is 7.16. The summed E-state index contributed by atoms with van der Waals surface area (Å²) in [5, 5.41) is 0.965. The van der Waals surface area contributed by atoms with E-state index < -0.39 is 0 Å². The van der Waals surface area contributed by atoms with Crippen molar-refractivity contribution in [2.45, 2.75) is 50.5 Å². The minimum absolute atomic E-state index is 0.764. The van der Waals surface area contributed by atoms with Crippen LogP contribution in [-0.4, -0.2) is 15.7 Å². The molecule has 0 fully saturated rings. The molecule has 0 bridgehead atoms. The van der Waals surface area contributed by atoms with Gasteiger partial charge in [-0.05, 0) is 24.3 Å². The van der Waals surface area contributed by atoms with Crippen LogP contribution in [0, 0.1) is 4.64 Å². The molecule has 0 saturated carbocycles. The van der Waals surface area contributed by atoms with Gasteiger partial charge in [-0.2, -0.15) is 0 Å². The maximum atomic E-state index is 5.38. The van der Waals surface area contributed by atoms with Crippen molar-refractivity contribution in [3.8, 4) is 0 Å². The van der Waals surface area contributed by atoms with Gasteiger partial charge < -0.3 is 4.98 Å². The van der Waals surface area contributed by atoms with Crippen LogP contribution in [0.25, 0.3) is 11.0 Å². The summed E-state index contributed by atoms with van der Waals surface area (Å²) in [7, 11) is 0. The smallest absolute Gasteiger partial charge is 0.136 e. The van der Waals surface area contributed by atoms with Gasteiger partial charge in [0.05, 0.1) is 11.0 Å². The monoisotopic (exact) mass is 306 g/mol. The number of nitrogens with one attached hydrogen (secondary N) is 1. The van der Waals surface area contributed by atoms with Crippen molar-refractivity contribution in [1.29, 1.82) is 0 Å². The lowest BCUT2D eigenvalue weighted by molar-refractivity contribution is 0.627. The van der Waals surface area contributed by atoms with E-state index >= 15 is 0 Å². The maximum Gasteiger partial charge on any atom is 0.136 e. The lowest BCUT2D eigenvalue weighted by Crippen LogP contribution is -1.90. The third-order valence-corrected chi connectivity index (χ3v) is 4.79. The minimum atomic E-state index is 0.764. The van der Waals surface area contributed by atoms with Crippen LogP contribution in [-0.2, 0) is 0 Å². The number of aromatic amines is 1. The number of hydrogen-bond acceptors (Lipinski definition) is 3. The Bertz CT molecular complexity index is 592. The first-order valence-electron chi connectivity index (χ1n) is 7.43. The largest absolute Gasteiger partial charge is 0.343 e. The Kier molecular flexibility index (Phi) is 6.54. The molecule has 1 heterocycles. The Morgan fingerprint density at radius 3 is 2.70 bits per heavy atom. The SMILES string of the molecule is CCCCCCCCSc1nc2ccccc2[nH]c1=S. The Morgan fingerprint density at radius 2 is 1.85 bits per heavy atom. The van der Waals surface area contributed by atoms with E-state index in [9.17, 15) is 0 Å². The van der Waals surface area contributed by atoms with Gasteiger partial charge >= 0.3 is 0 Å². The molecule has 0 saturated heterocycles. The van der Waals surface area contributed by atoms with Crippen LogP contribution in [0.1, 0.15) is 45.4 Å². The van der Waals surface area contributed by atoms with Gasteiger partial charge in [0, 0.05) is 0 Å². The van der Waals surface area contributed by atoms with Crippen LogP contribution < -0.4 is 0 Å². The molecular weight excluding hydrogens is 284 g/mol. The highest BCUT2D eigenvalue weighted by Gasteiger charge is 2.02. The van der Waals surface area contributed by atoms with Gasteiger partial charge in [0.15, 0.2) is 0 Å². The van der Waals surface area contributed by atoms with E-state index in [1.807, 2.05) is 24.3 Å². The number of aromatic nitrogens is 2. The predicted octanol–water partition coefficient (Wildman–Crippen LogP) is 5.74. The molecule has 1 aromatic carbocycles. The molecule has 1 N–H and O–H groups in total. The first-order valence-corrected chi connectivity index (χ1v) is 8.82. The topological polar surface area (TPSA) is 28.7 Å². The molecule has 0 unspecified atom stereocenters. The van der Waals surface area contributed by atoms with E-state index in [1.54, 1.807) is 11.8 Å². The van der Waals surface area contributed by atoms with Crippen molar-refractivity contribution in [2.24, 2.45) is 0 Å². The molecule has 4 heteroatoms. The zero-order valence-electron chi connectivity index (χ0n) is 12.0. The third-order valence-electron chi connectivity index (χ3n) is 3.31. The first-order chi connectivity index (χ1) is 9.81. The van der Waals surface area contributed by atoms with Crippen LogP contribution in [0.15, 0.2) is 29.3 Å². The summed E-state index contributed by atoms with van der Waals surface area (Å²) in [6, 6.07) is 8.04. The average molecular weight is 306 g/mol. The van der Waals surface area contributed by atoms with Crippen molar-refractivity contribution in [2.75, 3.05) is 5.75 Å². The summed E-state index contributed by atoms with van der Waals surface area (Å²) < 4.78 is 0.764. The number of fused-ring (bicyclic) bond motifs is 1. The van der Waals surface area contributed by atoms with Gasteiger partial charge in [-0.25, -0.2) is 4.98 Å². The van der Waals surface area contributed by atoms with Crippen LogP contribution >= 0.6 is 24.0 Å². The number of benzene rings is 1. The van der Waals surface area contributed by atoms with Gasteiger partial charge in [0.25, 0.3) is 0 Å². The lowest BCUT2D eigenvalue weighted by atomic mass is 10.1. The van der Waals surface area contributed by atoms with Crippen molar-refractivity contribution < 1.29 is 0 Å². The quantitative estimate of drug-likeness (QED) is 0.383. The molecule has 0 aliphatic carbocycles. The standard InChI is InChI=1S/C16H22N2S2/c1-2-3-4-5-6-9-12-20-16-15(19)17-13-10-7-8-11-14(13)18-16/h7-8,10-11H,2-6,9,12H2,1H3,(H,17,19). The molecule has 20 heavy (non-hydrogen) atoms. The molecule has 0 amide bonds. The van der Waals surface area contributed by atoms with Gasteiger partial charge in [0.2, 0.25) is 0 Å². The van der Waals surface area contributed by atoms with Crippen molar-refractivity contribution in [1.82, 2.24) is 9.97 Å². The molecule has 0 spiro atoms. The second kappa shape index (κ2) is 8.42. The summed E-state index contributed by atoms with van der Waals surface area (Å²) in [6.07, 6.45) is 7.96. The highest BCUT2D eigenvalue weighted by Crippen LogP contribution is 2.21. The van der Waals surface area contributed by atoms with E-state index in [0.29, 0.717) is 0 Å². The van der Waals surface area contributed by atoms with Crippen molar-refractivity contribution in [3.63, 3.8) is 0 Å². The first kappa shape index (κ1) is 15.5. The number of H-pyrrole nitrogens is 1. The second-order valence-electron chi connectivity index (χ2n) is 5.00. The average Bonchev–Trinajstić information content (AvgIpc) is 2.46. The highest BCUT2D eigenvalue weighted by molar-refractivity contribution is 7.99. The number of rotatable bonds is 8. The number of para-hydroxylation sites is 2. The molecule has 0 aliphatic heterocycles. The Balaban J connectivity index is 1.84. The fourth-order valence-electron chi connectivity index (χ4n) is 2.16. The fraction of sp³-hybridized carbons (Fsp3) is 0.500. The van der Waals surface area contributed by atoms with E-state index in [1.165, 1.54) is 38.5 Å². The zero-order chi connectivity index (χ0) is 14.2. The Hall–Kier alpha value is -0.870. The summed E-state index contributed by atoms with van der Waals surface area (Å²) in [5.74, 6) is 1.11. The van der Waals surface area contributed by atoms with E-state index in [4.69, 9.17) is 12.2 Å². The molecule has 108 valence electrons. The number of unbranched alkanes of at least 4 members (excludes halogenated alkanes) is 5. The maximum absolute atomic E-state index is 5.38. The lowest BCUT2D eigenvalue weighted by Gasteiger charge is -2.04. The van der Waals surface area contributed by atoms with Crippen LogP contribution in [0.5, 0.6) is 0 Å². The number of nitrogens with zero attached hydrogens (tertiary/aromatic N) is 1. The summed E-state index contributed by atoms with van der Waals surface area (Å²) in [6.45, 7) is 2.25. The van der Waals surface area contributed by atoms with Crippen LogP contribution in [0.2, 0.25) is 0 Å². The molecule has 2 aromatic rings. The van der Waals surface area contributed by atoms with Gasteiger partial charge in [-0.3, -0.25) is 0 Å². The zero-order valence-corrected chi connectivity index (χ0v) is 13.7. The summed E-state index contributed by atoms with van der Waals surface area (Å²) in [5.41, 5.74) is 2.01. The van der Waals surface area contributed by atoms with Gasteiger partial charge in [0.1, 0.15) is 9.67 Å². The Morgan fingerprint density at radius 1 is 1.10 bits per heavy atom. The third kappa shape index (κ3) is 4.60. The molecule has 2 rings (SSSR count). The predicted molar refractivity (Wildman–Crippen MR) is 91.0 cm³/mol. The second-order valence-corrected chi connectivity index (χ2v) is 6.50. The normalized spacial score (nSPS) is 11.1. The van der Waals surface area contributed by atoms with E-state index in [-0.39, 0.29) is 0 Å². The molecule has 1 aromatic heterocycles. The fourth-order valence-corrected chi connectivity index (χ4v) is 3.38. The van der Waals surface area contributed by atoms with E-state index in [0.717, 1.165) is 26.5 Å². The minimum Gasteiger partial charge on any atom is -0.343 e. The molecular formula is C16H22N2S2. The van der Waals surface area contributed by atoms with Gasteiger partial charge in [-0.15, -0.1) is 11.8 Å². The highest BCUT2D eigenvalue weighted by atomic mass is 32.2. The van der Waals surface area contributed by atoms with Crippen molar-refractivity contribution >= 4 is 35.0 Å². The molecule has 2 nitrogen and oxygen atoms in total. The van der Waals surface area contributed by atoms with Crippen LogP contribution in [0.4, 0.5) is 0 Å². The molecule has 0 atom stereocenters. The van der Waals surface area contributed by atoms with Crippen LogP contribution in [0.3, 0.4) is 0 Å². The molecule has 0 radical (unpaired) electrons. The molecule has 0 aliphatic rings. The number of thioether (sulfide) groups is 1. The van der Waals surface area contributed by atoms with Crippen molar-refractivity contribution in [3.05, 3.63) is 28.9 Å². The summed E-state index contributed by atoms with van der Waals surface area (Å²) in [4.78, 5) is 7.91. The van der Waals surface area contributed by atoms with E-state index in [2.05, 4.69) is 16.9 Å².